The van der Waals surface area contributed by atoms with E-state index in [0.29, 0.717) is 5.69 Å². The van der Waals surface area contributed by atoms with Crippen LogP contribution in [0.4, 0.5) is 10.5 Å². The second-order valence-corrected chi connectivity index (χ2v) is 8.21. The minimum Gasteiger partial charge on any atom is -0.481 e. The molecule has 1 aromatic carbocycles. The second-order valence-electron chi connectivity index (χ2n) is 6.58. The number of carbonyl (C=O) groups is 1. The third-order valence-electron chi connectivity index (χ3n) is 3.94. The van der Waals surface area contributed by atoms with Crippen LogP contribution in [0.1, 0.15) is 50.7 Å². The number of carbonyl (C=O) groups excluding carboxylic acids is 1. The average Bonchev–Trinajstić information content (AvgIpc) is 2.61. The van der Waals surface area contributed by atoms with Crippen LogP contribution in [0.25, 0.3) is 0 Å². The maximum absolute atomic E-state index is 12.4. The van der Waals surface area contributed by atoms with Crippen molar-refractivity contribution < 1.29 is 17.9 Å². The van der Waals surface area contributed by atoms with Crippen LogP contribution in [0.3, 0.4) is 0 Å². The highest BCUT2D eigenvalue weighted by atomic mass is 32.2. The lowest BCUT2D eigenvalue weighted by Gasteiger charge is -2.20. The maximum atomic E-state index is 12.4. The lowest BCUT2D eigenvalue weighted by Crippen LogP contribution is -2.35. The van der Waals surface area contributed by atoms with Gasteiger partial charge in [0.15, 0.2) is 5.03 Å². The summed E-state index contributed by atoms with van der Waals surface area (Å²) in [5.41, 5.74) is 2.48. The summed E-state index contributed by atoms with van der Waals surface area (Å²) in [5.74, 6) is 0.390. The third-order valence-corrected chi connectivity index (χ3v) is 5.17. The molecule has 27 heavy (non-hydrogen) atoms. The topological polar surface area (TPSA) is 110 Å². The van der Waals surface area contributed by atoms with Crippen molar-refractivity contribution in [3.05, 3.63) is 41.7 Å². The molecule has 1 heterocycles. The van der Waals surface area contributed by atoms with Gasteiger partial charge in [0.25, 0.3) is 10.0 Å². The van der Waals surface area contributed by atoms with Gasteiger partial charge in [0.05, 0.1) is 7.11 Å². The van der Waals surface area contributed by atoms with Crippen molar-refractivity contribution in [1.29, 1.82) is 0 Å². The van der Waals surface area contributed by atoms with E-state index in [9.17, 15) is 13.2 Å². The van der Waals surface area contributed by atoms with Crippen LogP contribution >= 0.6 is 0 Å². The Hall–Kier alpha value is -2.68. The van der Waals surface area contributed by atoms with Gasteiger partial charge in [-0.2, -0.15) is 8.42 Å². The summed E-state index contributed by atoms with van der Waals surface area (Å²) in [6.07, 6.45) is 1.05. The maximum Gasteiger partial charge on any atom is 0.333 e. The molecule has 0 aliphatic carbocycles. The first-order valence-corrected chi connectivity index (χ1v) is 9.96. The molecule has 2 N–H and O–H groups in total. The zero-order valence-corrected chi connectivity index (χ0v) is 16.8. The number of urea groups is 1. The number of benzene rings is 1. The first-order chi connectivity index (χ1) is 12.7. The van der Waals surface area contributed by atoms with Gasteiger partial charge in [-0.1, -0.05) is 45.9 Å². The van der Waals surface area contributed by atoms with Crippen molar-refractivity contribution in [3.8, 4) is 5.88 Å². The zero-order chi connectivity index (χ0) is 20.2. The molecule has 0 spiro atoms. The smallest absolute Gasteiger partial charge is 0.333 e. The number of ether oxygens (including phenoxy) is 1. The fourth-order valence-electron chi connectivity index (χ4n) is 2.59. The number of nitrogens with one attached hydrogen (secondary N) is 2. The van der Waals surface area contributed by atoms with E-state index in [1.54, 1.807) is 0 Å². The Labute approximate surface area is 159 Å². The monoisotopic (exact) mass is 392 g/mol. The van der Waals surface area contributed by atoms with Crippen molar-refractivity contribution in [2.45, 2.75) is 44.6 Å². The van der Waals surface area contributed by atoms with Crippen LogP contribution in [0, 0.1) is 0 Å². The lowest BCUT2D eigenvalue weighted by molar-refractivity contribution is 0.256. The second kappa shape index (κ2) is 8.34. The summed E-state index contributed by atoms with van der Waals surface area (Å²) in [6, 6.07) is 6.03. The minimum absolute atomic E-state index is 0.0815. The molecule has 0 aliphatic rings. The number of amides is 2. The predicted molar refractivity (Wildman–Crippen MR) is 103 cm³/mol. The van der Waals surface area contributed by atoms with Gasteiger partial charge in [-0.25, -0.2) is 19.5 Å². The standard InChI is InChI=1S/C18H24N4O4S/c1-11(2)13-7-6-8-14(12(3)4)17(13)21-18(23)22-27(24,25)16-9-15(26-5)19-10-20-16/h6-12H,1-5H3,(H2,21,22,23). The molecule has 0 saturated heterocycles. The Kier molecular flexibility index (Phi) is 6.37. The molecule has 0 radical (unpaired) electrons. The third kappa shape index (κ3) is 4.94. The van der Waals surface area contributed by atoms with Crippen molar-refractivity contribution in [2.75, 3.05) is 12.4 Å². The summed E-state index contributed by atoms with van der Waals surface area (Å²) in [7, 11) is -2.82. The summed E-state index contributed by atoms with van der Waals surface area (Å²) in [4.78, 5) is 19.9. The molecule has 2 amide bonds. The molecular formula is C18H24N4O4S. The molecule has 0 aliphatic heterocycles. The Bertz CT molecular complexity index is 900. The van der Waals surface area contributed by atoms with Crippen LogP contribution in [0.15, 0.2) is 35.6 Å². The fraction of sp³-hybridized carbons (Fsp3) is 0.389. The van der Waals surface area contributed by atoms with Gasteiger partial charge in [-0.05, 0) is 23.0 Å². The molecule has 146 valence electrons. The number of anilines is 1. The molecular weight excluding hydrogens is 368 g/mol. The summed E-state index contributed by atoms with van der Waals surface area (Å²) < 4.78 is 31.7. The number of nitrogens with zero attached hydrogens (tertiary/aromatic N) is 2. The van der Waals surface area contributed by atoms with Gasteiger partial charge < -0.3 is 10.1 Å². The highest BCUT2D eigenvalue weighted by molar-refractivity contribution is 7.90. The van der Waals surface area contributed by atoms with Crippen molar-refractivity contribution in [2.24, 2.45) is 0 Å². The molecule has 0 saturated carbocycles. The van der Waals surface area contributed by atoms with Crippen LogP contribution in [-0.4, -0.2) is 31.5 Å². The highest BCUT2D eigenvalue weighted by Crippen LogP contribution is 2.32. The Morgan fingerprint density at radius 1 is 1.07 bits per heavy atom. The summed E-state index contributed by atoms with van der Waals surface area (Å²) >= 11 is 0. The molecule has 1 aromatic heterocycles. The van der Waals surface area contributed by atoms with Crippen LogP contribution in [0.5, 0.6) is 5.88 Å². The van der Waals surface area contributed by atoms with Crippen LogP contribution in [-0.2, 0) is 10.0 Å². The SMILES string of the molecule is COc1cc(S(=O)(=O)NC(=O)Nc2c(C(C)C)cccc2C(C)C)ncn1. The quantitative estimate of drug-likeness (QED) is 0.730. The van der Waals surface area contributed by atoms with Crippen molar-refractivity contribution in [3.63, 3.8) is 0 Å². The number of rotatable bonds is 6. The van der Waals surface area contributed by atoms with Crippen molar-refractivity contribution in [1.82, 2.24) is 14.7 Å². The number of methoxy groups -OCH3 is 1. The van der Waals surface area contributed by atoms with Gasteiger partial charge in [-0.15, -0.1) is 0 Å². The van der Waals surface area contributed by atoms with E-state index in [4.69, 9.17) is 4.74 Å². The molecule has 0 unspecified atom stereocenters. The first kappa shape index (κ1) is 20.6. The van der Waals surface area contributed by atoms with Gasteiger partial charge in [0, 0.05) is 11.8 Å². The minimum atomic E-state index is -4.17. The number of hydrogen-bond acceptors (Lipinski definition) is 6. The predicted octanol–water partition coefficient (Wildman–Crippen LogP) is 3.24. The number of para-hydroxylation sites is 1. The summed E-state index contributed by atoms with van der Waals surface area (Å²) in [6.45, 7) is 8.03. The largest absolute Gasteiger partial charge is 0.481 e. The van der Waals surface area contributed by atoms with E-state index in [-0.39, 0.29) is 22.7 Å². The molecule has 0 fully saturated rings. The first-order valence-electron chi connectivity index (χ1n) is 8.48. The normalized spacial score (nSPS) is 11.5. The average molecular weight is 392 g/mol. The van der Waals surface area contributed by atoms with Gasteiger partial charge >= 0.3 is 6.03 Å². The molecule has 0 atom stereocenters. The molecule has 0 bridgehead atoms. The van der Waals surface area contributed by atoms with E-state index in [2.05, 4.69) is 15.3 Å². The molecule has 2 aromatic rings. The zero-order valence-electron chi connectivity index (χ0n) is 16.0. The van der Waals surface area contributed by atoms with Gasteiger partial charge in [0.1, 0.15) is 6.33 Å². The van der Waals surface area contributed by atoms with Crippen molar-refractivity contribution >= 4 is 21.7 Å². The molecule has 8 nitrogen and oxygen atoms in total. The Morgan fingerprint density at radius 2 is 1.67 bits per heavy atom. The van der Waals surface area contributed by atoms with E-state index >= 15 is 0 Å². The van der Waals surface area contributed by atoms with E-state index < -0.39 is 16.1 Å². The number of hydrogen-bond donors (Lipinski definition) is 2. The summed E-state index contributed by atoms with van der Waals surface area (Å²) in [5, 5.41) is 2.34. The van der Waals surface area contributed by atoms with E-state index in [1.165, 1.54) is 7.11 Å². The fourth-order valence-corrected chi connectivity index (χ4v) is 3.43. The Morgan fingerprint density at radius 3 is 2.19 bits per heavy atom. The van der Waals surface area contributed by atoms with Gasteiger partial charge in [0.2, 0.25) is 5.88 Å². The van der Waals surface area contributed by atoms with Gasteiger partial charge in [-0.3, -0.25) is 0 Å². The number of aromatic nitrogens is 2. The molecule has 2 rings (SSSR count). The Balaban J connectivity index is 2.30. The van der Waals surface area contributed by atoms with Crippen LogP contribution < -0.4 is 14.8 Å². The van der Waals surface area contributed by atoms with E-state index in [1.807, 2.05) is 50.6 Å². The van der Waals surface area contributed by atoms with Crippen LogP contribution in [0.2, 0.25) is 0 Å². The number of sulfonamides is 1. The molecule has 9 heteroatoms. The lowest BCUT2D eigenvalue weighted by atomic mass is 9.93. The highest BCUT2D eigenvalue weighted by Gasteiger charge is 2.22. The van der Waals surface area contributed by atoms with E-state index in [0.717, 1.165) is 23.5 Å².